The maximum atomic E-state index is 13.0. The molecule has 0 bridgehead atoms. The first kappa shape index (κ1) is 17.4. The number of aromatic nitrogens is 1. The van der Waals surface area contributed by atoms with Crippen molar-refractivity contribution in [2.75, 3.05) is 13.6 Å². The fraction of sp³-hybridized carbons (Fsp3) is 0.412. The Balaban J connectivity index is 1.63. The lowest BCUT2D eigenvalue weighted by molar-refractivity contribution is 0.0967. The van der Waals surface area contributed by atoms with Gasteiger partial charge in [-0.15, -0.1) is 11.3 Å². The van der Waals surface area contributed by atoms with Crippen molar-refractivity contribution in [3.05, 3.63) is 50.1 Å². The number of sulfonamides is 1. The van der Waals surface area contributed by atoms with E-state index in [0.29, 0.717) is 17.8 Å². The van der Waals surface area contributed by atoms with Gasteiger partial charge in [-0.3, -0.25) is 9.59 Å². The number of fused-ring (bicyclic) bond motifs is 1. The minimum Gasteiger partial charge on any atom is -0.354 e. The molecule has 0 atom stereocenters. The van der Waals surface area contributed by atoms with Gasteiger partial charge in [0, 0.05) is 43.8 Å². The molecule has 26 heavy (non-hydrogen) atoms. The summed E-state index contributed by atoms with van der Waals surface area (Å²) in [4.78, 5) is 24.4. The van der Waals surface area contributed by atoms with Gasteiger partial charge in [0.05, 0.1) is 9.77 Å². The number of thiophene rings is 1. The van der Waals surface area contributed by atoms with Gasteiger partial charge in [-0.2, -0.15) is 4.31 Å². The first-order chi connectivity index (χ1) is 12.4. The molecule has 7 nitrogen and oxygen atoms in total. The topological polar surface area (TPSA) is 88.5 Å². The van der Waals surface area contributed by atoms with E-state index >= 15 is 0 Å². The van der Waals surface area contributed by atoms with Gasteiger partial charge in [-0.1, -0.05) is 0 Å². The summed E-state index contributed by atoms with van der Waals surface area (Å²) in [5.74, 6) is -0.297. The standard InChI is InChI=1S/C17H19N3O4S2/c1-18-17(22)15-7-14(10-25-15)26(23,24)19-5-4-11-6-16(21)20(13-2-3-13)9-12(11)8-19/h6-7,9-10,13H,2-5,8H2,1H3,(H,18,22). The van der Waals surface area contributed by atoms with Crippen molar-refractivity contribution < 1.29 is 13.2 Å². The molecule has 138 valence electrons. The molecular formula is C17H19N3O4S2. The van der Waals surface area contributed by atoms with E-state index in [-0.39, 0.29) is 28.9 Å². The van der Waals surface area contributed by atoms with E-state index in [9.17, 15) is 18.0 Å². The number of nitrogens with zero attached hydrogens (tertiary/aromatic N) is 2. The Labute approximate surface area is 155 Å². The summed E-state index contributed by atoms with van der Waals surface area (Å²) < 4.78 is 29.1. The predicted molar refractivity (Wildman–Crippen MR) is 98.0 cm³/mol. The fourth-order valence-electron chi connectivity index (χ4n) is 3.21. The van der Waals surface area contributed by atoms with Crippen molar-refractivity contribution in [1.82, 2.24) is 14.2 Å². The number of hydrogen-bond donors (Lipinski definition) is 1. The highest BCUT2D eigenvalue weighted by atomic mass is 32.2. The zero-order chi connectivity index (χ0) is 18.5. The largest absolute Gasteiger partial charge is 0.354 e. The molecule has 1 aliphatic carbocycles. The molecule has 1 N–H and O–H groups in total. The lowest BCUT2D eigenvalue weighted by Crippen LogP contribution is -2.37. The van der Waals surface area contributed by atoms with E-state index in [1.165, 1.54) is 22.8 Å². The molecule has 0 saturated heterocycles. The number of rotatable bonds is 4. The Morgan fingerprint density at radius 3 is 2.73 bits per heavy atom. The van der Waals surface area contributed by atoms with Crippen molar-refractivity contribution in [3.63, 3.8) is 0 Å². The smallest absolute Gasteiger partial charge is 0.261 e. The normalized spacial score (nSPS) is 17.7. The number of nitrogens with one attached hydrogen (secondary N) is 1. The van der Waals surface area contributed by atoms with Crippen molar-refractivity contribution in [2.24, 2.45) is 0 Å². The van der Waals surface area contributed by atoms with Crippen LogP contribution in [0, 0.1) is 0 Å². The Kier molecular flexibility index (Phi) is 4.25. The van der Waals surface area contributed by atoms with E-state index in [2.05, 4.69) is 5.32 Å². The van der Waals surface area contributed by atoms with Crippen molar-refractivity contribution in [3.8, 4) is 0 Å². The van der Waals surface area contributed by atoms with Crippen LogP contribution < -0.4 is 10.9 Å². The summed E-state index contributed by atoms with van der Waals surface area (Å²) >= 11 is 1.11. The Hall–Kier alpha value is -1.97. The minimum atomic E-state index is -3.68. The van der Waals surface area contributed by atoms with Crippen LogP contribution in [-0.4, -0.2) is 36.8 Å². The molecule has 0 spiro atoms. The van der Waals surface area contributed by atoms with Crippen LogP contribution in [0.15, 0.2) is 33.4 Å². The SMILES string of the molecule is CNC(=O)c1cc(S(=O)(=O)N2CCc3cc(=O)n(C4CC4)cc3C2)cs1. The van der Waals surface area contributed by atoms with Crippen LogP contribution in [0.2, 0.25) is 0 Å². The minimum absolute atomic E-state index is 0.00406. The molecule has 1 amide bonds. The molecule has 1 fully saturated rings. The monoisotopic (exact) mass is 393 g/mol. The van der Waals surface area contributed by atoms with Gasteiger partial charge in [-0.25, -0.2) is 8.42 Å². The highest BCUT2D eigenvalue weighted by Gasteiger charge is 2.31. The molecule has 3 heterocycles. The fourth-order valence-corrected chi connectivity index (χ4v) is 5.83. The van der Waals surface area contributed by atoms with Crippen LogP contribution in [0.25, 0.3) is 0 Å². The van der Waals surface area contributed by atoms with E-state index in [1.54, 1.807) is 10.6 Å². The number of carbonyl (C=O) groups is 1. The average molecular weight is 393 g/mol. The van der Waals surface area contributed by atoms with Crippen molar-refractivity contribution >= 4 is 27.3 Å². The highest BCUT2D eigenvalue weighted by molar-refractivity contribution is 7.89. The number of hydrogen-bond acceptors (Lipinski definition) is 5. The Bertz CT molecular complexity index is 1030. The molecule has 4 rings (SSSR count). The van der Waals surface area contributed by atoms with Crippen LogP contribution in [0.1, 0.15) is 39.7 Å². The third-order valence-corrected chi connectivity index (χ3v) is 7.74. The molecule has 0 aromatic carbocycles. The van der Waals surface area contributed by atoms with Crippen molar-refractivity contribution in [2.45, 2.75) is 36.7 Å². The summed E-state index contributed by atoms with van der Waals surface area (Å²) in [7, 11) is -2.17. The molecule has 1 saturated carbocycles. The van der Waals surface area contributed by atoms with E-state index in [1.807, 2.05) is 6.20 Å². The zero-order valence-corrected chi connectivity index (χ0v) is 15.9. The van der Waals surface area contributed by atoms with E-state index < -0.39 is 10.0 Å². The molecular weight excluding hydrogens is 374 g/mol. The maximum Gasteiger partial charge on any atom is 0.261 e. The summed E-state index contributed by atoms with van der Waals surface area (Å²) in [6.07, 6.45) is 4.33. The number of carbonyl (C=O) groups excluding carboxylic acids is 1. The second kappa shape index (κ2) is 6.33. The average Bonchev–Trinajstić information content (AvgIpc) is 3.34. The molecule has 0 radical (unpaired) electrons. The molecule has 2 aromatic heterocycles. The summed E-state index contributed by atoms with van der Waals surface area (Å²) in [5.41, 5.74) is 1.80. The van der Waals surface area contributed by atoms with Gasteiger partial charge in [0.25, 0.3) is 11.5 Å². The van der Waals surface area contributed by atoms with Gasteiger partial charge >= 0.3 is 0 Å². The second-order valence-corrected chi connectivity index (χ2v) is 9.46. The van der Waals surface area contributed by atoms with Crippen LogP contribution in [0.4, 0.5) is 0 Å². The Morgan fingerprint density at radius 2 is 2.04 bits per heavy atom. The second-order valence-electron chi connectivity index (χ2n) is 6.61. The highest BCUT2D eigenvalue weighted by Crippen LogP contribution is 2.34. The molecule has 0 unspecified atom stereocenters. The van der Waals surface area contributed by atoms with Crippen LogP contribution >= 0.6 is 11.3 Å². The summed E-state index contributed by atoms with van der Waals surface area (Å²) in [6, 6.07) is 3.32. The molecule has 9 heteroatoms. The van der Waals surface area contributed by atoms with Gasteiger partial charge in [0.2, 0.25) is 10.0 Å². The number of pyridine rings is 1. The van der Waals surface area contributed by atoms with E-state index in [0.717, 1.165) is 35.3 Å². The van der Waals surface area contributed by atoms with E-state index in [4.69, 9.17) is 0 Å². The van der Waals surface area contributed by atoms with Gasteiger partial charge in [-0.05, 0) is 36.5 Å². The lowest BCUT2D eigenvalue weighted by atomic mass is 10.0. The zero-order valence-electron chi connectivity index (χ0n) is 14.3. The van der Waals surface area contributed by atoms with Crippen LogP contribution in [-0.2, 0) is 23.0 Å². The quantitative estimate of drug-likeness (QED) is 0.849. The molecule has 2 aliphatic rings. The third-order valence-electron chi connectivity index (χ3n) is 4.84. The number of amides is 1. The van der Waals surface area contributed by atoms with Gasteiger partial charge in [0.15, 0.2) is 0 Å². The van der Waals surface area contributed by atoms with Crippen molar-refractivity contribution in [1.29, 1.82) is 0 Å². The molecule has 1 aliphatic heterocycles. The van der Waals surface area contributed by atoms with Gasteiger partial charge in [0.1, 0.15) is 0 Å². The summed E-state index contributed by atoms with van der Waals surface area (Å²) in [6.45, 7) is 0.573. The Morgan fingerprint density at radius 1 is 1.27 bits per heavy atom. The first-order valence-corrected chi connectivity index (χ1v) is 10.8. The van der Waals surface area contributed by atoms with Crippen LogP contribution in [0.3, 0.4) is 0 Å². The first-order valence-electron chi connectivity index (χ1n) is 8.45. The maximum absolute atomic E-state index is 13.0. The van der Waals surface area contributed by atoms with Crippen LogP contribution in [0.5, 0.6) is 0 Å². The summed E-state index contributed by atoms with van der Waals surface area (Å²) in [5, 5.41) is 4.00. The molecule has 2 aromatic rings. The van der Waals surface area contributed by atoms with Gasteiger partial charge < -0.3 is 9.88 Å². The predicted octanol–water partition coefficient (Wildman–Crippen LogP) is 1.35. The lowest BCUT2D eigenvalue weighted by Gasteiger charge is -2.28. The third kappa shape index (κ3) is 3.00.